The van der Waals surface area contributed by atoms with Crippen LogP contribution < -0.4 is 0 Å². The van der Waals surface area contributed by atoms with Crippen LogP contribution in [0.4, 0.5) is 0 Å². The lowest BCUT2D eigenvalue weighted by Gasteiger charge is -2.40. The largest absolute Gasteiger partial charge is 0.370 e. The number of hydrogen-bond acceptors (Lipinski definition) is 7. The van der Waals surface area contributed by atoms with Crippen molar-refractivity contribution in [3.05, 3.63) is 29.8 Å². The monoisotopic (exact) mass is 318 g/mol. The summed E-state index contributed by atoms with van der Waals surface area (Å²) in [5.41, 5.74) is 2.21. The van der Waals surface area contributed by atoms with Crippen molar-refractivity contribution in [3.63, 3.8) is 0 Å². The van der Waals surface area contributed by atoms with Gasteiger partial charge in [0.05, 0.1) is 30.6 Å². The highest BCUT2D eigenvalue weighted by Gasteiger charge is 2.36. The molecule has 0 saturated carbocycles. The van der Waals surface area contributed by atoms with Gasteiger partial charge in [-0.05, 0) is 12.7 Å². The van der Waals surface area contributed by atoms with Gasteiger partial charge in [0.1, 0.15) is 0 Å². The molecule has 7 nitrogen and oxygen atoms in total. The summed E-state index contributed by atoms with van der Waals surface area (Å²) >= 11 is 1.56. The average Bonchev–Trinajstić information content (AvgIpc) is 3.05. The Hall–Kier alpha value is -1.51. The topological polar surface area (TPSA) is 69.0 Å². The third kappa shape index (κ3) is 2.62. The number of piperidine rings is 1. The first-order valence-corrected chi connectivity index (χ1v) is 8.64. The van der Waals surface area contributed by atoms with E-state index in [9.17, 15) is 0 Å². The smallest absolute Gasteiger partial charge is 0.187 e. The molecule has 0 aromatic carbocycles. The molecule has 116 valence electrons. The van der Waals surface area contributed by atoms with Gasteiger partial charge in [0.25, 0.3) is 0 Å². The zero-order valence-electron chi connectivity index (χ0n) is 12.4. The van der Waals surface area contributed by atoms with E-state index in [1.54, 1.807) is 18.0 Å². The number of fused-ring (bicyclic) bond motifs is 3. The summed E-state index contributed by atoms with van der Waals surface area (Å²) in [5.74, 6) is 0. The number of thioether (sulfide) groups is 1. The molecule has 0 radical (unpaired) electrons. The highest BCUT2D eigenvalue weighted by atomic mass is 32.2. The molecule has 2 aliphatic heterocycles. The van der Waals surface area contributed by atoms with Crippen LogP contribution in [-0.4, -0.2) is 55.3 Å². The van der Waals surface area contributed by atoms with E-state index in [1.165, 1.54) is 0 Å². The summed E-state index contributed by atoms with van der Waals surface area (Å²) in [7, 11) is 0. The SMILES string of the molecule is CSc1ncc(CN2CC[C@H]3OCc4cnnn4[C@@H]3C2)cn1. The fraction of sp³-hybridized carbons (Fsp3) is 0.571. The summed E-state index contributed by atoms with van der Waals surface area (Å²) in [4.78, 5) is 11.1. The molecule has 2 aliphatic rings. The summed E-state index contributed by atoms with van der Waals surface area (Å²) in [6, 6.07) is 0.256. The maximum absolute atomic E-state index is 5.94. The Bertz CT molecular complexity index is 645. The maximum atomic E-state index is 5.94. The van der Waals surface area contributed by atoms with E-state index in [-0.39, 0.29) is 12.1 Å². The third-order valence-corrected chi connectivity index (χ3v) is 4.86. The molecule has 1 saturated heterocycles. The summed E-state index contributed by atoms with van der Waals surface area (Å²) < 4.78 is 7.98. The van der Waals surface area contributed by atoms with Gasteiger partial charge in [-0.3, -0.25) is 4.90 Å². The molecule has 2 aromatic rings. The summed E-state index contributed by atoms with van der Waals surface area (Å²) in [5, 5.41) is 9.07. The summed E-state index contributed by atoms with van der Waals surface area (Å²) in [6.07, 6.45) is 8.89. The van der Waals surface area contributed by atoms with Crippen molar-refractivity contribution in [2.75, 3.05) is 19.3 Å². The molecule has 4 rings (SSSR count). The molecule has 0 spiro atoms. The standard InChI is InChI=1S/C14H18N6OS/c1-22-14-15-4-10(5-16-14)7-19-3-2-13-12(8-19)20-11(9-21-13)6-17-18-20/h4-6,12-13H,2-3,7-9H2,1H3/t12-,13-/m1/s1. The van der Waals surface area contributed by atoms with Crippen molar-refractivity contribution >= 4 is 11.8 Å². The van der Waals surface area contributed by atoms with Crippen molar-refractivity contribution in [1.82, 2.24) is 29.9 Å². The van der Waals surface area contributed by atoms with Gasteiger partial charge in [0.2, 0.25) is 0 Å². The van der Waals surface area contributed by atoms with Crippen LogP contribution in [0.3, 0.4) is 0 Å². The lowest BCUT2D eigenvalue weighted by molar-refractivity contribution is -0.0670. The lowest BCUT2D eigenvalue weighted by atomic mass is 10.00. The second kappa shape index (κ2) is 5.94. The van der Waals surface area contributed by atoms with E-state index in [2.05, 4.69) is 25.2 Å². The van der Waals surface area contributed by atoms with Crippen LogP contribution in [0.2, 0.25) is 0 Å². The predicted octanol–water partition coefficient (Wildman–Crippen LogP) is 1.14. The van der Waals surface area contributed by atoms with E-state index >= 15 is 0 Å². The van der Waals surface area contributed by atoms with Crippen LogP contribution in [-0.2, 0) is 17.9 Å². The van der Waals surface area contributed by atoms with Crippen LogP contribution in [0.5, 0.6) is 0 Å². The van der Waals surface area contributed by atoms with Crippen molar-refractivity contribution in [2.24, 2.45) is 0 Å². The minimum Gasteiger partial charge on any atom is -0.370 e. The number of nitrogens with zero attached hydrogens (tertiary/aromatic N) is 6. The van der Waals surface area contributed by atoms with E-state index in [0.717, 1.165) is 42.5 Å². The van der Waals surface area contributed by atoms with Crippen LogP contribution in [0.25, 0.3) is 0 Å². The van der Waals surface area contributed by atoms with Crippen molar-refractivity contribution < 1.29 is 4.74 Å². The molecule has 2 aromatic heterocycles. The minimum absolute atomic E-state index is 0.251. The normalized spacial score (nSPS) is 24.8. The van der Waals surface area contributed by atoms with Gasteiger partial charge in [-0.25, -0.2) is 14.6 Å². The fourth-order valence-corrected chi connectivity index (χ4v) is 3.49. The highest BCUT2D eigenvalue weighted by molar-refractivity contribution is 7.98. The van der Waals surface area contributed by atoms with Crippen LogP contribution in [0, 0.1) is 0 Å². The number of aromatic nitrogens is 5. The van der Waals surface area contributed by atoms with Crippen molar-refractivity contribution in [2.45, 2.75) is 36.9 Å². The molecule has 2 atom stereocenters. The highest BCUT2D eigenvalue weighted by Crippen LogP contribution is 2.30. The quantitative estimate of drug-likeness (QED) is 0.621. The zero-order chi connectivity index (χ0) is 14.9. The van der Waals surface area contributed by atoms with E-state index in [4.69, 9.17) is 4.74 Å². The number of rotatable bonds is 3. The van der Waals surface area contributed by atoms with Gasteiger partial charge in [-0.1, -0.05) is 17.0 Å². The van der Waals surface area contributed by atoms with Crippen LogP contribution >= 0.6 is 11.8 Å². The van der Waals surface area contributed by atoms with Crippen LogP contribution in [0.1, 0.15) is 23.7 Å². The van der Waals surface area contributed by atoms with Gasteiger partial charge in [0.15, 0.2) is 5.16 Å². The second-order valence-corrected chi connectivity index (χ2v) is 6.46. The molecule has 0 bridgehead atoms. The Balaban J connectivity index is 1.47. The minimum atomic E-state index is 0.251. The number of hydrogen-bond donors (Lipinski definition) is 0. The number of likely N-dealkylation sites (tertiary alicyclic amines) is 1. The van der Waals surface area contributed by atoms with E-state index in [1.807, 2.05) is 23.3 Å². The van der Waals surface area contributed by atoms with Crippen molar-refractivity contribution in [3.8, 4) is 0 Å². The first kappa shape index (κ1) is 14.1. The third-order valence-electron chi connectivity index (χ3n) is 4.28. The average molecular weight is 318 g/mol. The molecule has 4 heterocycles. The van der Waals surface area contributed by atoms with Gasteiger partial charge >= 0.3 is 0 Å². The van der Waals surface area contributed by atoms with Gasteiger partial charge in [-0.2, -0.15) is 0 Å². The van der Waals surface area contributed by atoms with Crippen LogP contribution in [0.15, 0.2) is 23.7 Å². The molecule has 8 heteroatoms. The maximum Gasteiger partial charge on any atom is 0.187 e. The first-order valence-electron chi connectivity index (χ1n) is 7.41. The second-order valence-electron chi connectivity index (χ2n) is 5.69. The zero-order valence-corrected chi connectivity index (χ0v) is 13.2. The van der Waals surface area contributed by atoms with E-state index in [0.29, 0.717) is 6.61 Å². The van der Waals surface area contributed by atoms with Crippen molar-refractivity contribution in [1.29, 1.82) is 0 Å². The molecule has 0 unspecified atom stereocenters. The summed E-state index contributed by atoms with van der Waals surface area (Å²) in [6.45, 7) is 3.43. The fourth-order valence-electron chi connectivity index (χ4n) is 3.18. The van der Waals surface area contributed by atoms with Gasteiger partial charge in [-0.15, -0.1) is 5.10 Å². The predicted molar refractivity (Wildman–Crippen MR) is 81.3 cm³/mol. The molecular weight excluding hydrogens is 300 g/mol. The first-order chi connectivity index (χ1) is 10.8. The Kier molecular flexibility index (Phi) is 3.81. The molecule has 0 N–H and O–H groups in total. The Morgan fingerprint density at radius 2 is 2.18 bits per heavy atom. The van der Waals surface area contributed by atoms with Gasteiger partial charge in [0, 0.05) is 37.6 Å². The lowest BCUT2D eigenvalue weighted by Crippen LogP contribution is -2.47. The Labute approximate surface area is 133 Å². The van der Waals surface area contributed by atoms with E-state index < -0.39 is 0 Å². The molecular formula is C14H18N6OS. The Morgan fingerprint density at radius 3 is 3.00 bits per heavy atom. The molecule has 0 amide bonds. The number of ether oxygens (including phenoxy) is 1. The Morgan fingerprint density at radius 1 is 1.32 bits per heavy atom. The molecule has 1 fully saturated rings. The molecule has 0 aliphatic carbocycles. The van der Waals surface area contributed by atoms with Gasteiger partial charge < -0.3 is 4.74 Å². The molecule has 22 heavy (non-hydrogen) atoms.